The van der Waals surface area contributed by atoms with Gasteiger partial charge in [-0.15, -0.1) is 0 Å². The molecule has 47 heavy (non-hydrogen) atoms. The highest BCUT2D eigenvalue weighted by atomic mass is 32.2. The quantitative estimate of drug-likeness (QED) is 0.193. The highest BCUT2D eigenvalue weighted by molar-refractivity contribution is 7.92. The van der Waals surface area contributed by atoms with Crippen molar-refractivity contribution in [1.29, 1.82) is 0 Å². The number of methoxy groups -OCH3 is 2. The van der Waals surface area contributed by atoms with Crippen LogP contribution in [0.3, 0.4) is 0 Å². The molecule has 0 bridgehead atoms. The van der Waals surface area contributed by atoms with Crippen LogP contribution in [0.15, 0.2) is 95.1 Å². The van der Waals surface area contributed by atoms with E-state index in [0.29, 0.717) is 39.7 Å². The van der Waals surface area contributed by atoms with Gasteiger partial charge in [-0.1, -0.05) is 18.2 Å². The molecule has 6 aromatic rings. The zero-order valence-corrected chi connectivity index (χ0v) is 26.7. The lowest BCUT2D eigenvalue weighted by molar-refractivity contribution is 0.400. The predicted octanol–water partition coefficient (Wildman–Crippen LogP) is 4.22. The van der Waals surface area contributed by atoms with Gasteiger partial charge in [0.25, 0.3) is 15.6 Å². The van der Waals surface area contributed by atoms with Gasteiger partial charge in [-0.2, -0.15) is 5.10 Å². The molecule has 4 aromatic heterocycles. The number of ether oxygens (including phenoxy) is 2. The van der Waals surface area contributed by atoms with E-state index >= 15 is 0 Å². The fraction of sp³-hybridized carbons (Fsp3) is 0.156. The van der Waals surface area contributed by atoms with E-state index in [9.17, 15) is 13.2 Å². The molecular weight excluding hydrogens is 622 g/mol. The maximum absolute atomic E-state index is 13.8. The Kier molecular flexibility index (Phi) is 8.22. The lowest BCUT2D eigenvalue weighted by Gasteiger charge is -2.21. The number of aryl methyl sites for hydroxylation is 1. The molecule has 1 atom stereocenters. The lowest BCUT2D eigenvalue weighted by Crippen LogP contribution is -2.29. The maximum Gasteiger partial charge on any atom is 0.282 e. The molecule has 6 rings (SSSR count). The fourth-order valence-corrected chi connectivity index (χ4v) is 6.23. The minimum absolute atomic E-state index is 0.0105. The largest absolute Gasteiger partial charge is 0.497 e. The van der Waals surface area contributed by atoms with E-state index in [1.165, 1.54) is 44.9 Å². The predicted molar refractivity (Wildman–Crippen MR) is 178 cm³/mol. The standard InChI is InChI=1S/C32H31N9O5S/c1-19-14-15-40-27(19)32(42)41(22-8-6-5-7-9-22)30(38-40)20(2)37-29-26(28(33)35-18-36-29)21-16-25(31(46-4)34-17-21)39-47(43,44)24-12-10-23(45-3)11-13-24/h5-18,20,39H,1-4H3,(H3,33,35,36,37)/t20-/m0/s1. The summed E-state index contributed by atoms with van der Waals surface area (Å²) in [7, 11) is -1.17. The number of aromatic nitrogens is 6. The van der Waals surface area contributed by atoms with Gasteiger partial charge in [0.15, 0.2) is 5.82 Å². The Hall–Kier alpha value is -5.96. The first-order valence-corrected chi connectivity index (χ1v) is 15.8. The van der Waals surface area contributed by atoms with Crippen LogP contribution in [0.1, 0.15) is 24.4 Å². The minimum atomic E-state index is -4.04. The van der Waals surface area contributed by atoms with Crippen LogP contribution < -0.4 is 30.8 Å². The Morgan fingerprint density at radius 1 is 0.957 bits per heavy atom. The van der Waals surface area contributed by atoms with Gasteiger partial charge in [0.05, 0.1) is 36.4 Å². The van der Waals surface area contributed by atoms with Crippen LogP contribution in [-0.2, 0) is 10.0 Å². The number of para-hydroxylation sites is 1. The topological polar surface area (TPSA) is 181 Å². The van der Waals surface area contributed by atoms with E-state index in [0.717, 1.165) is 5.56 Å². The molecule has 0 saturated carbocycles. The molecule has 0 amide bonds. The Labute approximate surface area is 269 Å². The molecule has 0 fully saturated rings. The van der Waals surface area contributed by atoms with E-state index in [1.807, 2.05) is 50.2 Å². The van der Waals surface area contributed by atoms with Crippen LogP contribution >= 0.6 is 0 Å². The third-order valence-corrected chi connectivity index (χ3v) is 8.87. The van der Waals surface area contributed by atoms with Gasteiger partial charge in [-0.25, -0.2) is 27.9 Å². The maximum atomic E-state index is 13.8. The Balaban J connectivity index is 1.41. The van der Waals surface area contributed by atoms with Gasteiger partial charge in [0, 0.05) is 18.0 Å². The molecule has 4 heterocycles. The second-order valence-electron chi connectivity index (χ2n) is 10.5. The van der Waals surface area contributed by atoms with Gasteiger partial charge in [-0.05, 0) is 67.9 Å². The number of anilines is 3. The van der Waals surface area contributed by atoms with E-state index in [-0.39, 0.29) is 27.8 Å². The van der Waals surface area contributed by atoms with Crippen LogP contribution in [0.5, 0.6) is 11.6 Å². The molecule has 240 valence electrons. The number of hydrogen-bond acceptors (Lipinski definition) is 11. The monoisotopic (exact) mass is 653 g/mol. The van der Waals surface area contributed by atoms with Gasteiger partial charge in [0.1, 0.15) is 34.9 Å². The van der Waals surface area contributed by atoms with E-state index in [2.05, 4.69) is 25.0 Å². The van der Waals surface area contributed by atoms with Crippen LogP contribution in [0.4, 0.5) is 17.3 Å². The summed E-state index contributed by atoms with van der Waals surface area (Å²) in [5, 5.41) is 8.13. The van der Waals surface area contributed by atoms with Crippen molar-refractivity contribution < 1.29 is 17.9 Å². The van der Waals surface area contributed by atoms with E-state index in [1.54, 1.807) is 27.4 Å². The van der Waals surface area contributed by atoms with Crippen molar-refractivity contribution in [2.24, 2.45) is 0 Å². The highest BCUT2D eigenvalue weighted by Gasteiger charge is 2.24. The number of rotatable bonds is 10. The number of nitrogen functional groups attached to an aromatic ring is 1. The Morgan fingerprint density at radius 3 is 2.40 bits per heavy atom. The number of nitrogens with zero attached hydrogens (tertiary/aromatic N) is 6. The third-order valence-electron chi connectivity index (χ3n) is 7.49. The van der Waals surface area contributed by atoms with Crippen molar-refractivity contribution in [3.05, 3.63) is 107 Å². The molecular formula is C32H31N9O5S. The molecule has 0 unspecified atom stereocenters. The molecule has 15 heteroatoms. The first-order chi connectivity index (χ1) is 22.6. The van der Waals surface area contributed by atoms with Crippen LogP contribution in [0, 0.1) is 6.92 Å². The highest BCUT2D eigenvalue weighted by Crippen LogP contribution is 2.36. The first kappa shape index (κ1) is 31.0. The molecule has 2 aromatic carbocycles. The van der Waals surface area contributed by atoms with Crippen molar-refractivity contribution in [3.63, 3.8) is 0 Å². The zero-order chi connectivity index (χ0) is 33.3. The van der Waals surface area contributed by atoms with Gasteiger partial charge in [-0.3, -0.25) is 14.1 Å². The number of hydrogen-bond donors (Lipinski definition) is 3. The summed E-state index contributed by atoms with van der Waals surface area (Å²) in [6, 6.07) is 18.0. The van der Waals surface area contributed by atoms with Crippen LogP contribution in [-0.4, -0.2) is 51.8 Å². The molecule has 0 radical (unpaired) electrons. The molecule has 0 spiro atoms. The van der Waals surface area contributed by atoms with Crippen molar-refractivity contribution in [2.75, 3.05) is 30.0 Å². The molecule has 0 aliphatic heterocycles. The van der Waals surface area contributed by atoms with Crippen molar-refractivity contribution >= 4 is 32.9 Å². The Morgan fingerprint density at radius 2 is 1.70 bits per heavy atom. The zero-order valence-electron chi connectivity index (χ0n) is 25.9. The molecule has 0 aliphatic carbocycles. The third kappa shape index (κ3) is 5.91. The number of nitrogens with one attached hydrogen (secondary N) is 2. The summed E-state index contributed by atoms with van der Waals surface area (Å²) in [6.45, 7) is 3.70. The van der Waals surface area contributed by atoms with Crippen LogP contribution in [0.2, 0.25) is 0 Å². The summed E-state index contributed by atoms with van der Waals surface area (Å²) in [6.07, 6.45) is 4.51. The number of sulfonamides is 1. The van der Waals surface area contributed by atoms with Gasteiger partial charge >= 0.3 is 0 Å². The average molecular weight is 654 g/mol. The van der Waals surface area contributed by atoms with Crippen molar-refractivity contribution in [1.82, 2.24) is 29.1 Å². The molecule has 0 aliphatic rings. The molecule has 0 saturated heterocycles. The van der Waals surface area contributed by atoms with E-state index < -0.39 is 16.1 Å². The number of pyridine rings is 1. The number of nitrogens with two attached hydrogens (primary N) is 1. The minimum Gasteiger partial charge on any atom is -0.497 e. The lowest BCUT2D eigenvalue weighted by atomic mass is 10.1. The summed E-state index contributed by atoms with van der Waals surface area (Å²) in [5.74, 6) is 1.37. The molecule has 14 nitrogen and oxygen atoms in total. The van der Waals surface area contributed by atoms with Crippen LogP contribution in [0.25, 0.3) is 22.3 Å². The second-order valence-corrected chi connectivity index (χ2v) is 12.2. The van der Waals surface area contributed by atoms with Gasteiger partial charge < -0.3 is 20.5 Å². The number of benzene rings is 2. The second kappa shape index (κ2) is 12.4. The van der Waals surface area contributed by atoms with Crippen molar-refractivity contribution in [3.8, 4) is 28.4 Å². The SMILES string of the molecule is COc1ccc(S(=O)(=O)Nc2cc(-c3c(N)ncnc3N[C@@H](C)c3nn4ccc(C)c4c(=O)n3-c3ccccc3)cnc2OC)cc1. The van der Waals surface area contributed by atoms with Gasteiger partial charge in [0.2, 0.25) is 5.88 Å². The normalized spacial score (nSPS) is 12.1. The van der Waals surface area contributed by atoms with Crippen molar-refractivity contribution in [2.45, 2.75) is 24.8 Å². The Bertz CT molecular complexity index is 2250. The first-order valence-electron chi connectivity index (χ1n) is 14.4. The average Bonchev–Trinajstić information content (AvgIpc) is 3.45. The number of fused-ring (bicyclic) bond motifs is 1. The fourth-order valence-electron chi connectivity index (χ4n) is 5.18. The summed E-state index contributed by atoms with van der Waals surface area (Å²) in [4.78, 5) is 26.8. The summed E-state index contributed by atoms with van der Waals surface area (Å²) < 4.78 is 42.8. The summed E-state index contributed by atoms with van der Waals surface area (Å²) >= 11 is 0. The smallest absolute Gasteiger partial charge is 0.282 e. The molecule has 4 N–H and O–H groups in total. The summed E-state index contributed by atoms with van der Waals surface area (Å²) in [5.41, 5.74) is 8.88. The van der Waals surface area contributed by atoms with E-state index in [4.69, 9.17) is 20.3 Å².